The second-order valence-electron chi connectivity index (χ2n) is 5.52. The first-order valence-corrected chi connectivity index (χ1v) is 8.55. The molecule has 1 aromatic carbocycles. The molecule has 0 spiro atoms. The molecule has 1 rings (SSSR count). The Labute approximate surface area is 135 Å². The molecule has 0 aliphatic rings. The van der Waals surface area contributed by atoms with Gasteiger partial charge in [0.25, 0.3) is 0 Å². The van der Waals surface area contributed by atoms with Gasteiger partial charge in [-0.2, -0.15) is 4.31 Å². The zero-order chi connectivity index (χ0) is 16.4. The smallest absolute Gasteiger partial charge is 0.247 e. The molecule has 0 bridgehead atoms. The van der Waals surface area contributed by atoms with E-state index in [0.717, 1.165) is 0 Å². The van der Waals surface area contributed by atoms with Crippen LogP contribution in [0.4, 0.5) is 5.69 Å². The molecule has 5 nitrogen and oxygen atoms in total. The third kappa shape index (κ3) is 3.78. The molecule has 0 amide bonds. The van der Waals surface area contributed by atoms with Gasteiger partial charge in [0.15, 0.2) is 0 Å². The molecular formula is C14H21BrN2O3S. The van der Waals surface area contributed by atoms with E-state index in [0.29, 0.717) is 10.2 Å². The van der Waals surface area contributed by atoms with E-state index in [2.05, 4.69) is 22.5 Å². The van der Waals surface area contributed by atoms with Gasteiger partial charge in [0.2, 0.25) is 10.0 Å². The van der Waals surface area contributed by atoms with Gasteiger partial charge in [-0.05, 0) is 48.8 Å². The number of ether oxygens (including phenoxy) is 1. The molecule has 0 radical (unpaired) electrons. The average molecular weight is 377 g/mol. The number of hydrogen-bond acceptors (Lipinski definition) is 4. The van der Waals surface area contributed by atoms with Gasteiger partial charge in [-0.25, -0.2) is 8.42 Å². The third-order valence-corrected chi connectivity index (χ3v) is 5.73. The summed E-state index contributed by atoms with van der Waals surface area (Å²) >= 11 is 3.27. The van der Waals surface area contributed by atoms with Gasteiger partial charge < -0.3 is 10.5 Å². The first-order valence-electron chi connectivity index (χ1n) is 6.32. The lowest BCUT2D eigenvalue weighted by Crippen LogP contribution is -2.45. The standard InChI is InChI=1S/C14H21BrN2O3S/c1-6-7-17(14(2,3)4)21(18,19)13-9-11(16)10(15)8-12(13)20-5/h6,8-9H,1,7,16H2,2-5H3. The van der Waals surface area contributed by atoms with E-state index in [1.807, 2.05) is 20.8 Å². The zero-order valence-electron chi connectivity index (χ0n) is 12.7. The molecular weight excluding hydrogens is 356 g/mol. The van der Waals surface area contributed by atoms with E-state index in [1.54, 1.807) is 12.1 Å². The van der Waals surface area contributed by atoms with Crippen molar-refractivity contribution in [1.82, 2.24) is 4.31 Å². The molecule has 0 aliphatic heterocycles. The van der Waals surface area contributed by atoms with Crippen LogP contribution in [0.15, 0.2) is 34.2 Å². The second-order valence-corrected chi connectivity index (χ2v) is 8.21. The highest BCUT2D eigenvalue weighted by atomic mass is 79.9. The van der Waals surface area contributed by atoms with E-state index in [1.165, 1.54) is 17.5 Å². The summed E-state index contributed by atoms with van der Waals surface area (Å²) in [5.74, 6) is 0.245. The minimum Gasteiger partial charge on any atom is -0.495 e. The molecule has 0 atom stereocenters. The van der Waals surface area contributed by atoms with E-state index >= 15 is 0 Å². The molecule has 2 N–H and O–H groups in total. The number of halogens is 1. The van der Waals surface area contributed by atoms with Crippen LogP contribution in [-0.2, 0) is 10.0 Å². The fourth-order valence-electron chi connectivity index (χ4n) is 1.88. The Balaban J connectivity index is 3.55. The summed E-state index contributed by atoms with van der Waals surface area (Å²) in [6.45, 7) is 9.29. The third-order valence-electron chi connectivity index (χ3n) is 2.89. The number of rotatable bonds is 5. The Morgan fingerprint density at radius 3 is 2.43 bits per heavy atom. The van der Waals surface area contributed by atoms with Crippen LogP contribution < -0.4 is 10.5 Å². The van der Waals surface area contributed by atoms with Gasteiger partial charge >= 0.3 is 0 Å². The van der Waals surface area contributed by atoms with Crippen molar-refractivity contribution < 1.29 is 13.2 Å². The fourth-order valence-corrected chi connectivity index (χ4v) is 4.14. The average Bonchev–Trinajstić information content (AvgIpc) is 2.36. The van der Waals surface area contributed by atoms with E-state index in [4.69, 9.17) is 10.5 Å². The summed E-state index contributed by atoms with van der Waals surface area (Å²) in [7, 11) is -2.34. The van der Waals surface area contributed by atoms with Crippen molar-refractivity contribution in [3.05, 3.63) is 29.3 Å². The molecule has 0 aliphatic carbocycles. The molecule has 0 unspecified atom stereocenters. The van der Waals surface area contributed by atoms with Crippen molar-refractivity contribution >= 4 is 31.6 Å². The first kappa shape index (κ1) is 18.0. The number of anilines is 1. The summed E-state index contributed by atoms with van der Waals surface area (Å²) < 4.78 is 33.0. The predicted molar refractivity (Wildman–Crippen MR) is 88.9 cm³/mol. The van der Waals surface area contributed by atoms with Crippen LogP contribution in [0.25, 0.3) is 0 Å². The summed E-state index contributed by atoms with van der Waals surface area (Å²) in [4.78, 5) is 0.0440. The number of hydrogen-bond donors (Lipinski definition) is 1. The number of nitrogens with two attached hydrogens (primary N) is 1. The molecule has 21 heavy (non-hydrogen) atoms. The fraction of sp³-hybridized carbons (Fsp3) is 0.429. The van der Waals surface area contributed by atoms with E-state index < -0.39 is 15.6 Å². The van der Waals surface area contributed by atoms with Crippen molar-refractivity contribution in [3.63, 3.8) is 0 Å². The Kier molecular flexibility index (Phi) is 5.46. The lowest BCUT2D eigenvalue weighted by molar-refractivity contribution is 0.268. The zero-order valence-corrected chi connectivity index (χ0v) is 15.1. The van der Waals surface area contributed by atoms with E-state index in [9.17, 15) is 8.42 Å². The minimum absolute atomic E-state index is 0.0440. The molecule has 0 saturated carbocycles. The van der Waals surface area contributed by atoms with Crippen LogP contribution in [0.2, 0.25) is 0 Å². The summed E-state index contributed by atoms with van der Waals surface area (Å²) in [6.07, 6.45) is 1.55. The van der Waals surface area contributed by atoms with Gasteiger partial charge in [-0.15, -0.1) is 6.58 Å². The summed E-state index contributed by atoms with van der Waals surface area (Å²) in [5.41, 5.74) is 5.56. The Morgan fingerprint density at radius 1 is 1.43 bits per heavy atom. The largest absolute Gasteiger partial charge is 0.495 e. The molecule has 0 heterocycles. The number of nitrogen functional groups attached to an aromatic ring is 1. The van der Waals surface area contributed by atoms with Crippen LogP contribution in [-0.4, -0.2) is 31.9 Å². The summed E-state index contributed by atoms with van der Waals surface area (Å²) in [5, 5.41) is 0. The monoisotopic (exact) mass is 376 g/mol. The van der Waals surface area contributed by atoms with Crippen LogP contribution in [0.5, 0.6) is 5.75 Å². The van der Waals surface area contributed by atoms with Crippen LogP contribution in [0.3, 0.4) is 0 Å². The topological polar surface area (TPSA) is 72.6 Å². The van der Waals surface area contributed by atoms with Crippen molar-refractivity contribution in [2.75, 3.05) is 19.4 Å². The number of nitrogens with zero attached hydrogens (tertiary/aromatic N) is 1. The van der Waals surface area contributed by atoms with Crippen LogP contribution >= 0.6 is 15.9 Å². The Morgan fingerprint density at radius 2 is 2.00 bits per heavy atom. The van der Waals surface area contributed by atoms with Crippen molar-refractivity contribution in [2.24, 2.45) is 0 Å². The van der Waals surface area contributed by atoms with Crippen molar-refractivity contribution in [2.45, 2.75) is 31.2 Å². The van der Waals surface area contributed by atoms with Crippen LogP contribution in [0, 0.1) is 0 Å². The highest BCUT2D eigenvalue weighted by Crippen LogP contribution is 2.35. The molecule has 7 heteroatoms. The Bertz CT molecular complexity index is 636. The van der Waals surface area contributed by atoms with Crippen LogP contribution in [0.1, 0.15) is 20.8 Å². The lowest BCUT2D eigenvalue weighted by atomic mass is 10.1. The molecule has 118 valence electrons. The lowest BCUT2D eigenvalue weighted by Gasteiger charge is -2.34. The number of sulfonamides is 1. The number of benzene rings is 1. The second kappa shape index (κ2) is 6.37. The summed E-state index contributed by atoms with van der Waals surface area (Å²) in [6, 6.07) is 2.96. The molecule has 0 aromatic heterocycles. The van der Waals surface area contributed by atoms with Gasteiger partial charge in [0.05, 0.1) is 7.11 Å². The predicted octanol–water partition coefficient (Wildman–Crippen LogP) is 3.02. The van der Waals surface area contributed by atoms with E-state index in [-0.39, 0.29) is 17.2 Å². The first-order chi connectivity index (χ1) is 9.55. The van der Waals surface area contributed by atoms with Crippen molar-refractivity contribution in [3.8, 4) is 5.75 Å². The minimum atomic E-state index is -3.77. The maximum Gasteiger partial charge on any atom is 0.247 e. The van der Waals surface area contributed by atoms with Gasteiger partial charge in [0.1, 0.15) is 10.6 Å². The Hall–Kier alpha value is -1.05. The maximum atomic E-state index is 12.9. The maximum absolute atomic E-state index is 12.9. The highest BCUT2D eigenvalue weighted by molar-refractivity contribution is 9.10. The van der Waals surface area contributed by atoms with Gasteiger partial charge in [-0.1, -0.05) is 6.08 Å². The molecule has 0 fully saturated rings. The highest BCUT2D eigenvalue weighted by Gasteiger charge is 2.35. The quantitative estimate of drug-likeness (QED) is 0.633. The molecule has 1 aromatic rings. The molecule has 0 saturated heterocycles. The van der Waals surface area contributed by atoms with Gasteiger partial charge in [0, 0.05) is 22.2 Å². The van der Waals surface area contributed by atoms with Gasteiger partial charge in [-0.3, -0.25) is 0 Å². The van der Waals surface area contributed by atoms with Crippen molar-refractivity contribution in [1.29, 1.82) is 0 Å². The normalized spacial score (nSPS) is 12.5. The number of methoxy groups -OCH3 is 1. The SMILES string of the molecule is C=CCN(C(C)(C)C)S(=O)(=O)c1cc(N)c(Br)cc1OC.